The summed E-state index contributed by atoms with van der Waals surface area (Å²) in [5, 5.41) is 6.10. The van der Waals surface area contributed by atoms with E-state index in [4.69, 9.17) is 0 Å². The minimum Gasteiger partial charge on any atom is -0.384 e. The molecule has 2 heterocycles. The molecular weight excluding hydrogens is 276 g/mol. The van der Waals surface area contributed by atoms with Crippen molar-refractivity contribution in [2.45, 2.75) is 26.8 Å². The maximum atomic E-state index is 12.0. The third-order valence-corrected chi connectivity index (χ3v) is 3.20. The highest BCUT2D eigenvalue weighted by atomic mass is 16.1. The summed E-state index contributed by atoms with van der Waals surface area (Å²) in [5.41, 5.74) is 2.16. The molecule has 0 aliphatic heterocycles. The lowest BCUT2D eigenvalue weighted by Crippen LogP contribution is -2.24. The summed E-state index contributed by atoms with van der Waals surface area (Å²) in [7, 11) is 0. The highest BCUT2D eigenvalue weighted by Gasteiger charge is 2.07. The Labute approximate surface area is 131 Å². The number of aromatic nitrogens is 2. The molecule has 2 rings (SSSR count). The van der Waals surface area contributed by atoms with Crippen LogP contribution in [0.2, 0.25) is 0 Å². The zero-order valence-electron chi connectivity index (χ0n) is 13.0. The van der Waals surface area contributed by atoms with Gasteiger partial charge in [0.05, 0.1) is 24.1 Å². The number of amides is 1. The number of nitrogens with zero attached hydrogens (tertiary/aromatic N) is 2. The van der Waals surface area contributed by atoms with Gasteiger partial charge in [-0.3, -0.25) is 9.78 Å². The average Bonchev–Trinajstić information content (AvgIpc) is 2.54. The van der Waals surface area contributed by atoms with Crippen LogP contribution in [0.15, 0.2) is 42.7 Å². The van der Waals surface area contributed by atoms with Crippen LogP contribution < -0.4 is 10.6 Å². The number of rotatable bonds is 7. The molecule has 5 heteroatoms. The van der Waals surface area contributed by atoms with Crippen molar-refractivity contribution in [2.75, 3.05) is 11.9 Å². The molecule has 5 nitrogen and oxygen atoms in total. The molecule has 0 radical (unpaired) electrons. The van der Waals surface area contributed by atoms with Gasteiger partial charge in [-0.1, -0.05) is 19.9 Å². The van der Waals surface area contributed by atoms with Gasteiger partial charge in [0.1, 0.15) is 5.69 Å². The number of hydrogen-bond acceptors (Lipinski definition) is 4. The van der Waals surface area contributed by atoms with E-state index >= 15 is 0 Å². The van der Waals surface area contributed by atoms with Crippen LogP contribution in [0.1, 0.15) is 36.5 Å². The van der Waals surface area contributed by atoms with Crippen molar-refractivity contribution in [1.29, 1.82) is 0 Å². The van der Waals surface area contributed by atoms with Crippen molar-refractivity contribution in [3.8, 4) is 0 Å². The summed E-state index contributed by atoms with van der Waals surface area (Å²) in [6.45, 7) is 5.68. The van der Waals surface area contributed by atoms with Gasteiger partial charge in [-0.2, -0.15) is 0 Å². The van der Waals surface area contributed by atoms with Gasteiger partial charge in [-0.05, 0) is 36.6 Å². The van der Waals surface area contributed by atoms with Gasteiger partial charge in [0.2, 0.25) is 0 Å². The van der Waals surface area contributed by atoms with E-state index in [1.807, 2.05) is 24.3 Å². The van der Waals surface area contributed by atoms with Crippen LogP contribution in [-0.2, 0) is 6.54 Å². The molecule has 0 aliphatic carbocycles. The molecule has 22 heavy (non-hydrogen) atoms. The minimum atomic E-state index is -0.195. The predicted octanol–water partition coefficient (Wildman–Crippen LogP) is 2.86. The predicted molar refractivity (Wildman–Crippen MR) is 87.6 cm³/mol. The molecule has 0 bridgehead atoms. The van der Waals surface area contributed by atoms with Gasteiger partial charge in [-0.15, -0.1) is 0 Å². The molecule has 0 aromatic carbocycles. The highest BCUT2D eigenvalue weighted by molar-refractivity contribution is 5.92. The van der Waals surface area contributed by atoms with Crippen LogP contribution in [0.4, 0.5) is 5.69 Å². The summed E-state index contributed by atoms with van der Waals surface area (Å²) in [6, 6.07) is 9.21. The Morgan fingerprint density at radius 1 is 1.18 bits per heavy atom. The lowest BCUT2D eigenvalue weighted by atomic mass is 10.1. The molecule has 2 aromatic heterocycles. The number of nitrogens with one attached hydrogen (secondary N) is 2. The fraction of sp³-hybridized carbons (Fsp3) is 0.353. The lowest BCUT2D eigenvalue weighted by Gasteiger charge is -2.09. The van der Waals surface area contributed by atoms with E-state index in [1.54, 1.807) is 18.5 Å². The molecule has 0 atom stereocenters. The molecule has 0 spiro atoms. The molecule has 0 unspecified atom stereocenters. The fourth-order valence-corrected chi connectivity index (χ4v) is 1.90. The average molecular weight is 298 g/mol. The molecule has 0 saturated carbocycles. The number of hydrogen-bond donors (Lipinski definition) is 2. The van der Waals surface area contributed by atoms with E-state index in [2.05, 4.69) is 34.4 Å². The molecule has 2 N–H and O–H groups in total. The van der Waals surface area contributed by atoms with Crippen LogP contribution in [0.5, 0.6) is 0 Å². The van der Waals surface area contributed by atoms with Crippen molar-refractivity contribution in [3.05, 3.63) is 54.1 Å². The summed E-state index contributed by atoms with van der Waals surface area (Å²) in [6.07, 6.45) is 4.50. The maximum absolute atomic E-state index is 12.0. The van der Waals surface area contributed by atoms with E-state index < -0.39 is 0 Å². The van der Waals surface area contributed by atoms with Crippen LogP contribution in [0, 0.1) is 5.92 Å². The molecule has 1 amide bonds. The maximum Gasteiger partial charge on any atom is 0.270 e. The van der Waals surface area contributed by atoms with Gasteiger partial charge in [0, 0.05) is 12.7 Å². The first kappa shape index (κ1) is 15.9. The second-order valence-electron chi connectivity index (χ2n) is 5.55. The van der Waals surface area contributed by atoms with E-state index in [0.717, 1.165) is 24.3 Å². The molecule has 0 saturated heterocycles. The first-order chi connectivity index (χ1) is 10.6. The Hall–Kier alpha value is -2.43. The van der Waals surface area contributed by atoms with E-state index in [0.29, 0.717) is 18.2 Å². The second-order valence-corrected chi connectivity index (χ2v) is 5.55. The first-order valence-corrected chi connectivity index (χ1v) is 7.53. The zero-order chi connectivity index (χ0) is 15.8. The van der Waals surface area contributed by atoms with Crippen molar-refractivity contribution >= 4 is 11.6 Å². The Morgan fingerprint density at radius 2 is 2.05 bits per heavy atom. The Bertz CT molecular complexity index is 581. The van der Waals surface area contributed by atoms with E-state index in [9.17, 15) is 4.79 Å². The Morgan fingerprint density at radius 3 is 2.68 bits per heavy atom. The molecule has 2 aromatic rings. The Kier molecular flexibility index (Phi) is 5.89. The van der Waals surface area contributed by atoms with Crippen molar-refractivity contribution < 1.29 is 4.79 Å². The standard InChI is InChI=1S/C17H22N4O/c1-13(2)8-10-19-15-6-7-16(20-11-15)17(22)21-12-14-5-3-4-9-18-14/h3-7,9,11,13,19H,8,10,12H2,1-2H3,(H,21,22). The summed E-state index contributed by atoms with van der Waals surface area (Å²) in [5.74, 6) is 0.469. The van der Waals surface area contributed by atoms with Crippen molar-refractivity contribution in [2.24, 2.45) is 5.92 Å². The zero-order valence-corrected chi connectivity index (χ0v) is 13.0. The number of carbonyl (C=O) groups is 1. The van der Waals surface area contributed by atoms with Crippen LogP contribution in [-0.4, -0.2) is 22.4 Å². The summed E-state index contributed by atoms with van der Waals surface area (Å²) >= 11 is 0. The van der Waals surface area contributed by atoms with Gasteiger partial charge in [0.25, 0.3) is 5.91 Å². The van der Waals surface area contributed by atoms with Gasteiger partial charge in [-0.25, -0.2) is 4.98 Å². The monoisotopic (exact) mass is 298 g/mol. The van der Waals surface area contributed by atoms with E-state index in [1.165, 1.54) is 0 Å². The lowest BCUT2D eigenvalue weighted by molar-refractivity contribution is 0.0945. The highest BCUT2D eigenvalue weighted by Crippen LogP contribution is 2.08. The van der Waals surface area contributed by atoms with Crippen LogP contribution >= 0.6 is 0 Å². The smallest absolute Gasteiger partial charge is 0.270 e. The normalized spacial score (nSPS) is 10.5. The van der Waals surface area contributed by atoms with Crippen LogP contribution in [0.25, 0.3) is 0 Å². The molecular formula is C17H22N4O. The number of carbonyl (C=O) groups excluding carboxylic acids is 1. The van der Waals surface area contributed by atoms with Gasteiger partial charge < -0.3 is 10.6 Å². The third-order valence-electron chi connectivity index (χ3n) is 3.20. The second kappa shape index (κ2) is 8.12. The van der Waals surface area contributed by atoms with Crippen molar-refractivity contribution in [1.82, 2.24) is 15.3 Å². The quantitative estimate of drug-likeness (QED) is 0.825. The first-order valence-electron chi connectivity index (χ1n) is 7.53. The molecule has 0 fully saturated rings. The summed E-state index contributed by atoms with van der Waals surface area (Å²) in [4.78, 5) is 20.4. The van der Waals surface area contributed by atoms with Crippen LogP contribution in [0.3, 0.4) is 0 Å². The minimum absolute atomic E-state index is 0.195. The number of pyridine rings is 2. The van der Waals surface area contributed by atoms with Crippen molar-refractivity contribution in [3.63, 3.8) is 0 Å². The topological polar surface area (TPSA) is 66.9 Å². The van der Waals surface area contributed by atoms with E-state index in [-0.39, 0.29) is 5.91 Å². The number of anilines is 1. The fourth-order valence-electron chi connectivity index (χ4n) is 1.90. The molecule has 0 aliphatic rings. The largest absolute Gasteiger partial charge is 0.384 e. The Balaban J connectivity index is 1.83. The van der Waals surface area contributed by atoms with Gasteiger partial charge in [0.15, 0.2) is 0 Å². The third kappa shape index (κ3) is 5.16. The summed E-state index contributed by atoms with van der Waals surface area (Å²) < 4.78 is 0. The van der Waals surface area contributed by atoms with Gasteiger partial charge >= 0.3 is 0 Å². The molecule has 116 valence electrons. The SMILES string of the molecule is CC(C)CCNc1ccc(C(=O)NCc2ccccn2)nc1.